The van der Waals surface area contributed by atoms with Gasteiger partial charge in [0, 0.05) is 6.42 Å². The van der Waals surface area contributed by atoms with Crippen molar-refractivity contribution in [2.24, 2.45) is 0 Å². The van der Waals surface area contributed by atoms with Crippen LogP contribution in [0.15, 0.2) is 24.3 Å². The quantitative estimate of drug-likeness (QED) is 0.336. The van der Waals surface area contributed by atoms with E-state index in [2.05, 4.69) is 12.2 Å². The molecule has 4 heteroatoms. The average Bonchev–Trinajstić information content (AvgIpc) is 2.50. The molecule has 0 radical (unpaired) electrons. The summed E-state index contributed by atoms with van der Waals surface area (Å²) in [6.07, 6.45) is 15.5. The first-order valence-corrected chi connectivity index (χ1v) is 8.47. The SMILES string of the molecule is CC[C@H](O)[C@H](O)/C=C\C/C=C\CCCCCCCCC(=O)O. The maximum Gasteiger partial charge on any atom is 0.303 e. The Morgan fingerprint density at radius 1 is 0.955 bits per heavy atom. The van der Waals surface area contributed by atoms with Crippen molar-refractivity contribution in [3.05, 3.63) is 24.3 Å². The first kappa shape index (κ1) is 20.9. The molecular weight excluding hydrogens is 280 g/mol. The molecule has 0 bridgehead atoms. The van der Waals surface area contributed by atoms with E-state index >= 15 is 0 Å². The van der Waals surface area contributed by atoms with E-state index in [1.54, 1.807) is 6.08 Å². The van der Waals surface area contributed by atoms with Gasteiger partial charge < -0.3 is 15.3 Å². The summed E-state index contributed by atoms with van der Waals surface area (Å²) < 4.78 is 0. The molecule has 0 heterocycles. The van der Waals surface area contributed by atoms with Crippen LogP contribution >= 0.6 is 0 Å². The summed E-state index contributed by atoms with van der Waals surface area (Å²) in [4.78, 5) is 10.3. The van der Waals surface area contributed by atoms with Crippen LogP contribution in [0.3, 0.4) is 0 Å². The Balaban J connectivity index is 3.37. The number of unbranched alkanes of at least 4 members (excludes halogenated alkanes) is 6. The van der Waals surface area contributed by atoms with Gasteiger partial charge in [-0.05, 0) is 32.1 Å². The molecule has 22 heavy (non-hydrogen) atoms. The molecule has 128 valence electrons. The van der Waals surface area contributed by atoms with Gasteiger partial charge in [0.25, 0.3) is 0 Å². The van der Waals surface area contributed by atoms with Gasteiger partial charge in [-0.15, -0.1) is 0 Å². The summed E-state index contributed by atoms with van der Waals surface area (Å²) in [7, 11) is 0. The van der Waals surface area contributed by atoms with Crippen molar-refractivity contribution in [3.8, 4) is 0 Å². The lowest BCUT2D eigenvalue weighted by atomic mass is 10.1. The standard InChI is InChI=1S/C18H32O4/c1-2-16(19)17(20)14-12-10-8-6-4-3-5-7-9-11-13-15-18(21)22/h6,8,12,14,16-17,19-20H,2-5,7,9-11,13,15H2,1H3,(H,21,22)/b8-6-,14-12-/t16-,17+/m0/s1. The van der Waals surface area contributed by atoms with Gasteiger partial charge in [-0.1, -0.05) is 56.9 Å². The Morgan fingerprint density at radius 2 is 1.59 bits per heavy atom. The minimum absolute atomic E-state index is 0.292. The highest BCUT2D eigenvalue weighted by Gasteiger charge is 2.08. The Kier molecular flexibility index (Phi) is 14.0. The summed E-state index contributed by atoms with van der Waals surface area (Å²) in [6, 6.07) is 0. The Hall–Kier alpha value is -1.13. The zero-order valence-corrected chi connectivity index (χ0v) is 13.8. The zero-order chi connectivity index (χ0) is 16.6. The van der Waals surface area contributed by atoms with Gasteiger partial charge in [0.15, 0.2) is 0 Å². The zero-order valence-electron chi connectivity index (χ0n) is 13.8. The van der Waals surface area contributed by atoms with Gasteiger partial charge in [0.1, 0.15) is 0 Å². The van der Waals surface area contributed by atoms with Gasteiger partial charge in [-0.2, -0.15) is 0 Å². The fourth-order valence-corrected chi connectivity index (χ4v) is 2.13. The van der Waals surface area contributed by atoms with E-state index in [0.29, 0.717) is 12.8 Å². The van der Waals surface area contributed by atoms with E-state index in [4.69, 9.17) is 5.11 Å². The maximum absolute atomic E-state index is 10.3. The van der Waals surface area contributed by atoms with E-state index < -0.39 is 18.2 Å². The smallest absolute Gasteiger partial charge is 0.303 e. The number of carboxylic acid groups (broad SMARTS) is 1. The lowest BCUT2D eigenvalue weighted by molar-refractivity contribution is -0.137. The number of aliphatic hydroxyl groups is 2. The van der Waals surface area contributed by atoms with Crippen molar-refractivity contribution < 1.29 is 20.1 Å². The second-order valence-corrected chi connectivity index (χ2v) is 5.66. The highest BCUT2D eigenvalue weighted by molar-refractivity contribution is 5.66. The predicted molar refractivity (Wildman–Crippen MR) is 89.8 cm³/mol. The van der Waals surface area contributed by atoms with Gasteiger partial charge in [-0.3, -0.25) is 4.79 Å². The van der Waals surface area contributed by atoms with Crippen LogP contribution in [-0.2, 0) is 4.79 Å². The molecule has 3 N–H and O–H groups in total. The molecule has 0 aromatic heterocycles. The van der Waals surface area contributed by atoms with Crippen LogP contribution in [0.1, 0.15) is 71.1 Å². The molecule has 0 aromatic rings. The molecule has 0 saturated carbocycles. The van der Waals surface area contributed by atoms with Crippen LogP contribution in [0.4, 0.5) is 0 Å². The van der Waals surface area contributed by atoms with Gasteiger partial charge in [0.05, 0.1) is 12.2 Å². The third kappa shape index (κ3) is 13.8. The van der Waals surface area contributed by atoms with Crippen LogP contribution in [0.25, 0.3) is 0 Å². The molecule has 0 fully saturated rings. The molecule has 0 spiro atoms. The predicted octanol–water partition coefficient (Wildman–Crippen LogP) is 3.83. The highest BCUT2D eigenvalue weighted by Crippen LogP contribution is 2.09. The van der Waals surface area contributed by atoms with Crippen molar-refractivity contribution >= 4 is 5.97 Å². The number of hydrogen-bond donors (Lipinski definition) is 3. The first-order valence-electron chi connectivity index (χ1n) is 8.47. The molecule has 0 unspecified atom stereocenters. The van der Waals surface area contributed by atoms with E-state index in [1.807, 2.05) is 13.0 Å². The van der Waals surface area contributed by atoms with Crippen molar-refractivity contribution in [1.29, 1.82) is 0 Å². The van der Waals surface area contributed by atoms with E-state index in [-0.39, 0.29) is 0 Å². The van der Waals surface area contributed by atoms with Gasteiger partial charge in [-0.25, -0.2) is 0 Å². The normalized spacial score (nSPS) is 14.7. The van der Waals surface area contributed by atoms with Crippen molar-refractivity contribution in [1.82, 2.24) is 0 Å². The number of carboxylic acids is 1. The molecule has 0 amide bonds. The Morgan fingerprint density at radius 3 is 2.23 bits per heavy atom. The summed E-state index contributed by atoms with van der Waals surface area (Å²) in [5.41, 5.74) is 0. The molecule has 0 rings (SSSR count). The summed E-state index contributed by atoms with van der Waals surface area (Å²) in [5.74, 6) is -0.698. The Labute approximate surface area is 134 Å². The minimum Gasteiger partial charge on any atom is -0.481 e. The number of aliphatic hydroxyl groups excluding tert-OH is 2. The second kappa shape index (κ2) is 14.8. The van der Waals surface area contributed by atoms with Crippen molar-refractivity contribution in [2.45, 2.75) is 83.3 Å². The molecule has 4 nitrogen and oxygen atoms in total. The largest absolute Gasteiger partial charge is 0.481 e. The molecule has 0 aliphatic carbocycles. The van der Waals surface area contributed by atoms with E-state index in [1.165, 1.54) is 12.8 Å². The lowest BCUT2D eigenvalue weighted by Gasteiger charge is -2.10. The number of rotatable bonds is 14. The third-order valence-corrected chi connectivity index (χ3v) is 3.60. The van der Waals surface area contributed by atoms with E-state index in [0.717, 1.165) is 38.5 Å². The number of aliphatic carboxylic acids is 1. The number of allylic oxidation sites excluding steroid dienone is 3. The molecule has 0 saturated heterocycles. The fraction of sp³-hybridized carbons (Fsp3) is 0.722. The van der Waals surface area contributed by atoms with Crippen LogP contribution < -0.4 is 0 Å². The van der Waals surface area contributed by atoms with Gasteiger partial charge >= 0.3 is 5.97 Å². The van der Waals surface area contributed by atoms with E-state index in [9.17, 15) is 15.0 Å². The molecule has 0 aliphatic heterocycles. The lowest BCUT2D eigenvalue weighted by Crippen LogP contribution is -2.22. The fourth-order valence-electron chi connectivity index (χ4n) is 2.13. The molecule has 0 aromatic carbocycles. The van der Waals surface area contributed by atoms with Crippen LogP contribution in [-0.4, -0.2) is 33.5 Å². The van der Waals surface area contributed by atoms with Crippen LogP contribution in [0, 0.1) is 0 Å². The summed E-state index contributed by atoms with van der Waals surface area (Å²) in [6.45, 7) is 1.84. The second-order valence-electron chi connectivity index (χ2n) is 5.66. The number of carbonyl (C=O) groups is 1. The van der Waals surface area contributed by atoms with Crippen LogP contribution in [0.5, 0.6) is 0 Å². The third-order valence-electron chi connectivity index (χ3n) is 3.60. The average molecular weight is 312 g/mol. The summed E-state index contributed by atoms with van der Waals surface area (Å²) >= 11 is 0. The number of hydrogen-bond acceptors (Lipinski definition) is 3. The van der Waals surface area contributed by atoms with Crippen molar-refractivity contribution in [3.63, 3.8) is 0 Å². The highest BCUT2D eigenvalue weighted by atomic mass is 16.4. The van der Waals surface area contributed by atoms with Crippen molar-refractivity contribution in [2.75, 3.05) is 0 Å². The Bertz CT molecular complexity index is 323. The van der Waals surface area contributed by atoms with Crippen LogP contribution in [0.2, 0.25) is 0 Å². The topological polar surface area (TPSA) is 77.8 Å². The molecule has 2 atom stereocenters. The maximum atomic E-state index is 10.3. The van der Waals surface area contributed by atoms with Gasteiger partial charge in [0.2, 0.25) is 0 Å². The summed E-state index contributed by atoms with van der Waals surface area (Å²) in [5, 5.41) is 27.4. The monoisotopic (exact) mass is 312 g/mol. The minimum atomic E-state index is -0.764. The first-order chi connectivity index (χ1) is 10.6. The molecule has 0 aliphatic rings. The molecular formula is C18H32O4.